The van der Waals surface area contributed by atoms with Gasteiger partial charge in [-0.15, -0.1) is 6.58 Å². The average Bonchev–Trinajstić information content (AvgIpc) is 2.49. The highest BCUT2D eigenvalue weighted by Crippen LogP contribution is 2.37. The Labute approximate surface area is 144 Å². The van der Waals surface area contributed by atoms with E-state index in [0.29, 0.717) is 12.8 Å². The summed E-state index contributed by atoms with van der Waals surface area (Å²) in [5.74, 6) is 0. The summed E-state index contributed by atoms with van der Waals surface area (Å²) in [7, 11) is 0. The molecule has 0 heterocycles. The predicted octanol–water partition coefficient (Wildman–Crippen LogP) is 7.65. The van der Waals surface area contributed by atoms with E-state index in [4.69, 9.17) is 0 Å². The first-order valence-corrected chi connectivity index (χ1v) is 8.17. The minimum Gasteiger partial charge on any atom is -0.166 e. The summed E-state index contributed by atoms with van der Waals surface area (Å²) in [6.07, 6.45) is -1.67. The van der Waals surface area contributed by atoms with Gasteiger partial charge in [-0.2, -0.15) is 26.3 Å². The second-order valence-corrected chi connectivity index (χ2v) is 5.95. The van der Waals surface area contributed by atoms with Crippen LogP contribution in [0.5, 0.6) is 0 Å². The summed E-state index contributed by atoms with van der Waals surface area (Å²) in [5.41, 5.74) is -1.90. The van der Waals surface area contributed by atoms with E-state index < -0.39 is 23.5 Å². The second kappa shape index (κ2) is 9.11. The van der Waals surface area contributed by atoms with Gasteiger partial charge in [-0.05, 0) is 43.0 Å². The van der Waals surface area contributed by atoms with E-state index >= 15 is 0 Å². The average molecular weight is 364 g/mol. The summed E-state index contributed by atoms with van der Waals surface area (Å²) in [6, 6.07) is 1.65. The molecule has 0 spiro atoms. The number of rotatable bonds is 8. The van der Waals surface area contributed by atoms with Crippen molar-refractivity contribution in [2.45, 2.75) is 57.8 Å². The molecule has 0 unspecified atom stereocenters. The molecule has 0 aliphatic carbocycles. The molecule has 0 bridgehead atoms. The monoisotopic (exact) mass is 364 g/mol. The van der Waals surface area contributed by atoms with Crippen LogP contribution in [0.4, 0.5) is 26.3 Å². The van der Waals surface area contributed by atoms with Gasteiger partial charge in [0.1, 0.15) is 0 Å². The molecule has 0 N–H and O–H groups in total. The fourth-order valence-electron chi connectivity index (χ4n) is 2.50. The molecule has 0 saturated heterocycles. The predicted molar refractivity (Wildman–Crippen MR) is 88.0 cm³/mol. The quantitative estimate of drug-likeness (QED) is 0.252. The summed E-state index contributed by atoms with van der Waals surface area (Å²) in [5, 5.41) is 0. The number of benzene rings is 1. The van der Waals surface area contributed by atoms with Gasteiger partial charge in [-0.25, -0.2) is 0 Å². The van der Waals surface area contributed by atoms with Crippen molar-refractivity contribution in [2.24, 2.45) is 0 Å². The lowest BCUT2D eigenvalue weighted by Gasteiger charge is -2.14. The lowest BCUT2D eigenvalue weighted by molar-refractivity contribution is -0.143. The van der Waals surface area contributed by atoms with Gasteiger partial charge in [-0.3, -0.25) is 0 Å². The lowest BCUT2D eigenvalue weighted by atomic mass is 9.98. The van der Waals surface area contributed by atoms with Gasteiger partial charge in [0.05, 0.1) is 11.1 Å². The largest absolute Gasteiger partial charge is 0.416 e. The summed E-state index contributed by atoms with van der Waals surface area (Å²) in [4.78, 5) is 0. The van der Waals surface area contributed by atoms with Gasteiger partial charge in [-0.1, -0.05) is 43.9 Å². The maximum atomic E-state index is 12.9. The highest BCUT2D eigenvalue weighted by molar-refractivity contribution is 5.56. The summed E-state index contributed by atoms with van der Waals surface area (Å²) in [6.45, 7) is 5.66. The van der Waals surface area contributed by atoms with Crippen molar-refractivity contribution in [2.75, 3.05) is 0 Å². The molecule has 6 heteroatoms. The van der Waals surface area contributed by atoms with Crippen molar-refractivity contribution in [3.63, 3.8) is 0 Å². The van der Waals surface area contributed by atoms with Crippen LogP contribution in [0.25, 0.3) is 6.08 Å². The highest BCUT2D eigenvalue weighted by atomic mass is 19.4. The van der Waals surface area contributed by atoms with Crippen LogP contribution in [0.1, 0.15) is 62.1 Å². The number of alkyl halides is 6. The Morgan fingerprint density at radius 2 is 1.48 bits per heavy atom. The van der Waals surface area contributed by atoms with Gasteiger partial charge in [0, 0.05) is 0 Å². The number of hydrogen-bond donors (Lipinski definition) is 0. The van der Waals surface area contributed by atoms with Crippen LogP contribution in [-0.4, -0.2) is 0 Å². The van der Waals surface area contributed by atoms with Gasteiger partial charge in [0.2, 0.25) is 0 Å². The normalized spacial score (nSPS) is 13.2. The van der Waals surface area contributed by atoms with Crippen LogP contribution in [0, 0.1) is 0 Å². The SMILES string of the molecule is C=CC/C(=C/c1cc(C(F)(F)F)cc(C(F)(F)F)c1)CCCCCC. The number of hydrogen-bond acceptors (Lipinski definition) is 0. The second-order valence-electron chi connectivity index (χ2n) is 5.95. The van der Waals surface area contributed by atoms with E-state index in [9.17, 15) is 26.3 Å². The molecular weight excluding hydrogens is 342 g/mol. The van der Waals surface area contributed by atoms with Gasteiger partial charge in [0.15, 0.2) is 0 Å². The molecule has 0 fully saturated rings. The van der Waals surface area contributed by atoms with Gasteiger partial charge >= 0.3 is 12.4 Å². The van der Waals surface area contributed by atoms with Crippen LogP contribution < -0.4 is 0 Å². The van der Waals surface area contributed by atoms with E-state index in [1.165, 1.54) is 6.08 Å². The third-order valence-electron chi connectivity index (χ3n) is 3.74. The lowest BCUT2D eigenvalue weighted by Crippen LogP contribution is -2.11. The molecule has 0 nitrogen and oxygen atoms in total. The van der Waals surface area contributed by atoms with Crippen molar-refractivity contribution >= 4 is 6.08 Å². The first-order valence-electron chi connectivity index (χ1n) is 8.17. The van der Waals surface area contributed by atoms with Crippen LogP contribution >= 0.6 is 0 Å². The molecule has 1 rings (SSSR count). The van der Waals surface area contributed by atoms with Gasteiger partial charge < -0.3 is 0 Å². The minimum atomic E-state index is -4.83. The van der Waals surface area contributed by atoms with E-state index in [1.54, 1.807) is 6.08 Å². The minimum absolute atomic E-state index is 0.0884. The Morgan fingerprint density at radius 3 is 1.92 bits per heavy atom. The van der Waals surface area contributed by atoms with Gasteiger partial charge in [0.25, 0.3) is 0 Å². The van der Waals surface area contributed by atoms with Crippen molar-refractivity contribution in [3.8, 4) is 0 Å². The molecular formula is C19H22F6. The maximum Gasteiger partial charge on any atom is 0.416 e. The van der Waals surface area contributed by atoms with E-state index in [2.05, 4.69) is 13.5 Å². The third kappa shape index (κ3) is 7.36. The zero-order valence-electron chi connectivity index (χ0n) is 14.1. The van der Waals surface area contributed by atoms with Crippen molar-refractivity contribution < 1.29 is 26.3 Å². The molecule has 140 valence electrons. The molecule has 25 heavy (non-hydrogen) atoms. The molecule has 0 amide bonds. The Bertz CT molecular complexity index is 561. The van der Waals surface area contributed by atoms with Crippen molar-refractivity contribution in [1.82, 2.24) is 0 Å². The molecule has 0 saturated carbocycles. The first kappa shape index (κ1) is 21.3. The Hall–Kier alpha value is -1.72. The number of halogens is 6. The van der Waals surface area contributed by atoms with Crippen LogP contribution in [-0.2, 0) is 12.4 Å². The fraction of sp³-hybridized carbons (Fsp3) is 0.474. The molecule has 0 aliphatic rings. The van der Waals surface area contributed by atoms with E-state index in [1.807, 2.05) is 0 Å². The van der Waals surface area contributed by atoms with E-state index in [-0.39, 0.29) is 11.6 Å². The molecule has 0 aromatic heterocycles. The number of allylic oxidation sites excluding steroid dienone is 2. The topological polar surface area (TPSA) is 0 Å². The standard InChI is InChI=1S/C19H22F6/c1-3-5-6-7-9-14(8-4-2)10-15-11-16(18(20,21)22)13-17(12-15)19(23,24)25/h4,10-13H,2-3,5-9H2,1H3/b14-10-. The Kier molecular flexibility index (Phi) is 7.77. The summed E-state index contributed by atoms with van der Waals surface area (Å²) < 4.78 is 77.4. The zero-order valence-corrected chi connectivity index (χ0v) is 14.1. The van der Waals surface area contributed by atoms with E-state index in [0.717, 1.165) is 43.4 Å². The number of unbranched alkanes of at least 4 members (excludes halogenated alkanes) is 3. The smallest absolute Gasteiger partial charge is 0.166 e. The highest BCUT2D eigenvalue weighted by Gasteiger charge is 2.36. The van der Waals surface area contributed by atoms with Crippen molar-refractivity contribution in [3.05, 3.63) is 53.1 Å². The molecule has 0 aliphatic heterocycles. The summed E-state index contributed by atoms with van der Waals surface area (Å²) >= 11 is 0. The third-order valence-corrected chi connectivity index (χ3v) is 3.74. The van der Waals surface area contributed by atoms with Crippen molar-refractivity contribution in [1.29, 1.82) is 0 Å². The first-order chi connectivity index (χ1) is 11.6. The molecule has 0 atom stereocenters. The van der Waals surface area contributed by atoms with Crippen LogP contribution in [0.15, 0.2) is 36.4 Å². The zero-order chi connectivity index (χ0) is 19.1. The molecule has 1 aromatic rings. The fourth-order valence-corrected chi connectivity index (χ4v) is 2.50. The van der Waals surface area contributed by atoms with Crippen LogP contribution in [0.2, 0.25) is 0 Å². The Balaban J connectivity index is 3.20. The van der Waals surface area contributed by atoms with Crippen LogP contribution in [0.3, 0.4) is 0 Å². The molecule has 1 aromatic carbocycles. The maximum absolute atomic E-state index is 12.9. The Morgan fingerprint density at radius 1 is 0.920 bits per heavy atom. The molecule has 0 radical (unpaired) electrons.